The maximum Gasteiger partial charge on any atom is 0.303 e. The largest absolute Gasteiger partial charge is 0.481 e. The predicted octanol–water partition coefficient (Wildman–Crippen LogP) is 6.20. The van der Waals surface area contributed by atoms with Crippen LogP contribution in [0.3, 0.4) is 0 Å². The van der Waals surface area contributed by atoms with Crippen molar-refractivity contribution in [3.8, 4) is 0 Å². The van der Waals surface area contributed by atoms with Crippen molar-refractivity contribution in [2.24, 2.45) is 0 Å². The number of hydrogen-bond acceptors (Lipinski definition) is 2. The molecule has 0 bridgehead atoms. The fourth-order valence-electron chi connectivity index (χ4n) is 2.35. The highest BCUT2D eigenvalue weighted by Gasteiger charge is 1.95. The van der Waals surface area contributed by atoms with Crippen molar-refractivity contribution in [1.29, 1.82) is 0 Å². The summed E-state index contributed by atoms with van der Waals surface area (Å²) in [7, 11) is 0. The molecule has 0 heterocycles. The van der Waals surface area contributed by atoms with Gasteiger partial charge in [0.2, 0.25) is 0 Å². The van der Waals surface area contributed by atoms with Crippen LogP contribution in [0.15, 0.2) is 12.2 Å². The van der Waals surface area contributed by atoms with E-state index in [0.29, 0.717) is 6.42 Å². The van der Waals surface area contributed by atoms with Crippen LogP contribution < -0.4 is 0 Å². The molecule has 0 rings (SSSR count). The van der Waals surface area contributed by atoms with Gasteiger partial charge in [-0.25, -0.2) is 0 Å². The number of carboxylic acids is 2. The normalized spacial score (nSPS) is 10.4. The summed E-state index contributed by atoms with van der Waals surface area (Å²) in [6, 6.07) is 0. The van der Waals surface area contributed by atoms with E-state index in [4.69, 9.17) is 15.0 Å². The lowest BCUT2D eigenvalue weighted by Crippen LogP contribution is -1.93. The molecule has 0 amide bonds. The molecule has 0 aliphatic heterocycles. The molecule has 0 aromatic rings. The summed E-state index contributed by atoms with van der Waals surface area (Å²) in [5.41, 5.74) is 0. The SMILES string of the molecule is CC(=O)O.CCCCCCCC/C=C\CCCCCCCC(=O)O. The van der Waals surface area contributed by atoms with Gasteiger partial charge < -0.3 is 10.2 Å². The fourth-order valence-corrected chi connectivity index (χ4v) is 2.35. The van der Waals surface area contributed by atoms with Gasteiger partial charge in [-0.15, -0.1) is 0 Å². The van der Waals surface area contributed by atoms with Crippen molar-refractivity contribution in [3.63, 3.8) is 0 Å². The van der Waals surface area contributed by atoms with E-state index in [1.807, 2.05) is 0 Å². The summed E-state index contributed by atoms with van der Waals surface area (Å²) in [4.78, 5) is 19.3. The van der Waals surface area contributed by atoms with Crippen molar-refractivity contribution < 1.29 is 19.8 Å². The topological polar surface area (TPSA) is 74.6 Å². The van der Waals surface area contributed by atoms with Gasteiger partial charge in [-0.3, -0.25) is 9.59 Å². The highest BCUT2D eigenvalue weighted by Crippen LogP contribution is 2.09. The molecule has 0 unspecified atom stereocenters. The Morgan fingerprint density at radius 3 is 1.50 bits per heavy atom. The zero-order valence-electron chi connectivity index (χ0n) is 15.8. The first-order valence-corrected chi connectivity index (χ1v) is 9.57. The number of hydrogen-bond donors (Lipinski definition) is 2. The van der Waals surface area contributed by atoms with Gasteiger partial charge in [0, 0.05) is 13.3 Å². The smallest absolute Gasteiger partial charge is 0.303 e. The molecule has 4 nitrogen and oxygen atoms in total. The van der Waals surface area contributed by atoms with Gasteiger partial charge in [-0.1, -0.05) is 70.4 Å². The van der Waals surface area contributed by atoms with Crippen LogP contribution in [-0.2, 0) is 9.59 Å². The van der Waals surface area contributed by atoms with Crippen LogP contribution in [0, 0.1) is 0 Å². The standard InChI is InChI=1S/C18H34O2.C2H4O2/c1-2-3-4-5-6-7-8-9-10-11-12-13-14-15-16-17-18(19)20;1-2(3)4/h9-10H,2-8,11-17H2,1H3,(H,19,20);1H3,(H,3,4)/b10-9-;. The summed E-state index contributed by atoms with van der Waals surface area (Å²) < 4.78 is 0. The Balaban J connectivity index is 0. The Labute approximate surface area is 148 Å². The van der Waals surface area contributed by atoms with Gasteiger partial charge >= 0.3 is 5.97 Å². The maximum absolute atomic E-state index is 10.3. The van der Waals surface area contributed by atoms with Crippen LogP contribution in [0.5, 0.6) is 0 Å². The lowest BCUT2D eigenvalue weighted by molar-refractivity contribution is -0.137. The second-order valence-corrected chi connectivity index (χ2v) is 6.25. The molecule has 0 saturated carbocycles. The van der Waals surface area contributed by atoms with E-state index < -0.39 is 11.9 Å². The number of carboxylic acid groups (broad SMARTS) is 2. The quantitative estimate of drug-likeness (QED) is 0.274. The molecule has 0 aromatic carbocycles. The minimum absolute atomic E-state index is 0.332. The number of carbonyl (C=O) groups is 2. The van der Waals surface area contributed by atoms with Crippen molar-refractivity contribution >= 4 is 11.9 Å². The Morgan fingerprint density at radius 2 is 1.08 bits per heavy atom. The van der Waals surface area contributed by atoms with Gasteiger partial charge in [0.25, 0.3) is 5.97 Å². The number of rotatable bonds is 15. The summed E-state index contributed by atoms with van der Waals surface area (Å²) in [5.74, 6) is -1.50. The van der Waals surface area contributed by atoms with Gasteiger partial charge in [0.05, 0.1) is 0 Å². The van der Waals surface area contributed by atoms with E-state index in [2.05, 4.69) is 19.1 Å². The zero-order valence-corrected chi connectivity index (χ0v) is 15.8. The van der Waals surface area contributed by atoms with Gasteiger partial charge in [-0.05, 0) is 32.1 Å². The van der Waals surface area contributed by atoms with Crippen molar-refractivity contribution in [1.82, 2.24) is 0 Å². The Bertz CT molecular complexity index is 307. The lowest BCUT2D eigenvalue weighted by Gasteiger charge is -1.99. The van der Waals surface area contributed by atoms with Crippen molar-refractivity contribution in [2.45, 2.75) is 104 Å². The molecule has 0 aliphatic carbocycles. The summed E-state index contributed by atoms with van der Waals surface area (Å²) in [6.07, 6.45) is 21.2. The summed E-state index contributed by atoms with van der Waals surface area (Å²) in [6.45, 7) is 3.34. The van der Waals surface area contributed by atoms with Gasteiger partial charge in [0.15, 0.2) is 0 Å². The maximum atomic E-state index is 10.3. The average molecular weight is 343 g/mol. The third kappa shape index (κ3) is 32.6. The van der Waals surface area contributed by atoms with Crippen LogP contribution in [0.4, 0.5) is 0 Å². The highest BCUT2D eigenvalue weighted by atomic mass is 16.4. The molecule has 0 aromatic heterocycles. The van der Waals surface area contributed by atoms with Crippen LogP contribution in [0.25, 0.3) is 0 Å². The third-order valence-electron chi connectivity index (χ3n) is 3.65. The predicted molar refractivity (Wildman–Crippen MR) is 100 cm³/mol. The van der Waals surface area contributed by atoms with E-state index in [-0.39, 0.29) is 0 Å². The molecular weight excluding hydrogens is 304 g/mol. The molecule has 0 aliphatic rings. The molecule has 0 saturated heterocycles. The molecule has 0 radical (unpaired) electrons. The second-order valence-electron chi connectivity index (χ2n) is 6.25. The number of unbranched alkanes of at least 4 members (excludes halogenated alkanes) is 11. The molecule has 0 spiro atoms. The molecule has 2 N–H and O–H groups in total. The number of allylic oxidation sites excluding steroid dienone is 2. The minimum atomic E-state index is -0.833. The van der Waals surface area contributed by atoms with Crippen LogP contribution >= 0.6 is 0 Å². The van der Waals surface area contributed by atoms with Crippen LogP contribution in [0.1, 0.15) is 104 Å². The average Bonchev–Trinajstić information content (AvgIpc) is 2.50. The molecule has 4 heteroatoms. The third-order valence-corrected chi connectivity index (χ3v) is 3.65. The molecular formula is C20H38O4. The Hall–Kier alpha value is -1.32. The monoisotopic (exact) mass is 342 g/mol. The van der Waals surface area contributed by atoms with E-state index >= 15 is 0 Å². The van der Waals surface area contributed by atoms with Gasteiger partial charge in [0.1, 0.15) is 0 Å². The Morgan fingerprint density at radius 1 is 0.708 bits per heavy atom. The molecule has 24 heavy (non-hydrogen) atoms. The molecule has 0 atom stereocenters. The van der Waals surface area contributed by atoms with E-state index in [9.17, 15) is 4.79 Å². The minimum Gasteiger partial charge on any atom is -0.481 e. The first kappa shape index (κ1) is 24.9. The van der Waals surface area contributed by atoms with Crippen LogP contribution in [0.2, 0.25) is 0 Å². The number of aliphatic carboxylic acids is 2. The van der Waals surface area contributed by atoms with Crippen LogP contribution in [-0.4, -0.2) is 22.2 Å². The highest BCUT2D eigenvalue weighted by molar-refractivity contribution is 5.66. The van der Waals surface area contributed by atoms with Gasteiger partial charge in [-0.2, -0.15) is 0 Å². The van der Waals surface area contributed by atoms with Crippen molar-refractivity contribution in [2.75, 3.05) is 0 Å². The Kier molecular flexibility index (Phi) is 22.5. The fraction of sp³-hybridized carbons (Fsp3) is 0.800. The first-order chi connectivity index (χ1) is 11.5. The van der Waals surface area contributed by atoms with Crippen molar-refractivity contribution in [3.05, 3.63) is 12.2 Å². The van der Waals surface area contributed by atoms with E-state index in [1.54, 1.807) is 0 Å². The summed E-state index contributed by atoms with van der Waals surface area (Å²) >= 11 is 0. The van der Waals surface area contributed by atoms with E-state index in [1.165, 1.54) is 70.6 Å². The summed E-state index contributed by atoms with van der Waals surface area (Å²) in [5, 5.41) is 15.9. The molecule has 0 fully saturated rings. The first-order valence-electron chi connectivity index (χ1n) is 9.57. The second kappa shape index (κ2) is 21.7. The zero-order chi connectivity index (χ0) is 18.5. The molecule has 142 valence electrons. The van der Waals surface area contributed by atoms with E-state index in [0.717, 1.165) is 19.8 Å². The lowest BCUT2D eigenvalue weighted by atomic mass is 10.1.